The molecule has 2 saturated heterocycles. The summed E-state index contributed by atoms with van der Waals surface area (Å²) < 4.78 is 38.8. The van der Waals surface area contributed by atoms with Crippen molar-refractivity contribution >= 4 is 21.4 Å². The van der Waals surface area contributed by atoms with Gasteiger partial charge in [0.15, 0.2) is 0 Å². The quantitative estimate of drug-likeness (QED) is 0.829. The molecule has 5 nitrogen and oxygen atoms in total. The van der Waals surface area contributed by atoms with Gasteiger partial charge in [0, 0.05) is 13.2 Å². The van der Waals surface area contributed by atoms with Crippen molar-refractivity contribution in [3.8, 4) is 0 Å². The van der Waals surface area contributed by atoms with Gasteiger partial charge in [-0.05, 0) is 37.6 Å². The molecule has 21 heavy (non-hydrogen) atoms. The fraction of sp³-hybridized carbons (Fsp3) is 0.714. The van der Waals surface area contributed by atoms with E-state index in [4.69, 9.17) is 9.47 Å². The number of thiophene rings is 1. The van der Waals surface area contributed by atoms with Crippen molar-refractivity contribution in [2.24, 2.45) is 0 Å². The summed E-state index contributed by atoms with van der Waals surface area (Å²) in [6, 6.07) is 3.44. The Morgan fingerprint density at radius 2 is 2.29 bits per heavy atom. The summed E-state index contributed by atoms with van der Waals surface area (Å²) in [5.41, 5.74) is 0. The molecule has 1 aromatic rings. The van der Waals surface area contributed by atoms with Gasteiger partial charge in [0.1, 0.15) is 4.21 Å². The summed E-state index contributed by atoms with van der Waals surface area (Å²) in [5.74, 6) is 0. The number of fused-ring (bicyclic) bond motifs is 1. The maximum Gasteiger partial charge on any atom is 0.252 e. The molecule has 0 saturated carbocycles. The summed E-state index contributed by atoms with van der Waals surface area (Å²) in [6.07, 6.45) is 2.61. The monoisotopic (exact) mass is 331 g/mol. The highest BCUT2D eigenvalue weighted by atomic mass is 32.2. The van der Waals surface area contributed by atoms with Crippen LogP contribution in [0.4, 0.5) is 0 Å². The van der Waals surface area contributed by atoms with E-state index in [9.17, 15) is 8.42 Å². The van der Waals surface area contributed by atoms with Gasteiger partial charge in [-0.15, -0.1) is 11.3 Å². The van der Waals surface area contributed by atoms with E-state index in [1.807, 2.05) is 6.92 Å². The van der Waals surface area contributed by atoms with Crippen molar-refractivity contribution in [1.29, 1.82) is 0 Å². The van der Waals surface area contributed by atoms with E-state index < -0.39 is 10.0 Å². The smallest absolute Gasteiger partial charge is 0.252 e. The fourth-order valence-electron chi connectivity index (χ4n) is 3.15. The van der Waals surface area contributed by atoms with Crippen LogP contribution < -0.4 is 0 Å². The van der Waals surface area contributed by atoms with Crippen molar-refractivity contribution in [3.05, 3.63) is 17.5 Å². The fourth-order valence-corrected chi connectivity index (χ4v) is 5.97. The molecule has 0 N–H and O–H groups in total. The highest BCUT2D eigenvalue weighted by Gasteiger charge is 2.45. The third-order valence-corrected chi connectivity index (χ3v) is 7.45. The average molecular weight is 331 g/mol. The number of hydrogen-bond donors (Lipinski definition) is 0. The maximum atomic E-state index is 12.7. The molecular weight excluding hydrogens is 310 g/mol. The minimum atomic E-state index is -3.36. The second-order valence-electron chi connectivity index (χ2n) is 5.44. The highest BCUT2D eigenvalue weighted by Crippen LogP contribution is 2.36. The molecule has 0 radical (unpaired) electrons. The molecule has 0 amide bonds. The normalized spacial score (nSPS) is 30.4. The molecule has 0 bridgehead atoms. The van der Waals surface area contributed by atoms with Gasteiger partial charge in [-0.25, -0.2) is 8.42 Å². The Morgan fingerprint density at radius 3 is 3.00 bits per heavy atom. The van der Waals surface area contributed by atoms with Crippen LogP contribution in [0.1, 0.15) is 26.2 Å². The number of ether oxygens (including phenoxy) is 2. The minimum Gasteiger partial charge on any atom is -0.379 e. The van der Waals surface area contributed by atoms with Gasteiger partial charge < -0.3 is 9.47 Å². The van der Waals surface area contributed by atoms with Gasteiger partial charge in [-0.2, -0.15) is 4.31 Å². The molecule has 0 spiro atoms. The molecular formula is C14H21NO4S2. The Morgan fingerprint density at radius 1 is 1.43 bits per heavy atom. The lowest BCUT2D eigenvalue weighted by Gasteiger charge is -2.35. The predicted octanol–water partition coefficient (Wildman–Crippen LogP) is 2.10. The minimum absolute atomic E-state index is 0.0129. The van der Waals surface area contributed by atoms with Crippen LogP contribution in [0.15, 0.2) is 21.7 Å². The molecule has 3 rings (SSSR count). The van der Waals surface area contributed by atoms with Gasteiger partial charge in [0.05, 0.1) is 24.9 Å². The van der Waals surface area contributed by atoms with Gasteiger partial charge in [0.25, 0.3) is 10.0 Å². The number of hydrogen-bond acceptors (Lipinski definition) is 5. The summed E-state index contributed by atoms with van der Waals surface area (Å²) in [7, 11) is -3.36. The highest BCUT2D eigenvalue weighted by molar-refractivity contribution is 7.91. The van der Waals surface area contributed by atoms with Crippen LogP contribution in [-0.4, -0.2) is 50.7 Å². The molecule has 2 aliphatic heterocycles. The Labute approximate surface area is 129 Å². The largest absolute Gasteiger partial charge is 0.379 e. The molecule has 3 heterocycles. The summed E-state index contributed by atoms with van der Waals surface area (Å²) in [5, 5.41) is 1.80. The summed E-state index contributed by atoms with van der Waals surface area (Å²) in [4.78, 5) is 0. The van der Waals surface area contributed by atoms with Crippen molar-refractivity contribution in [1.82, 2.24) is 4.31 Å². The first-order chi connectivity index (χ1) is 10.1. The van der Waals surface area contributed by atoms with Crippen LogP contribution in [-0.2, 0) is 19.5 Å². The van der Waals surface area contributed by atoms with E-state index in [-0.39, 0.29) is 18.2 Å². The van der Waals surface area contributed by atoms with Gasteiger partial charge in [-0.1, -0.05) is 6.07 Å². The molecule has 118 valence electrons. The van der Waals surface area contributed by atoms with Crippen molar-refractivity contribution in [2.45, 2.75) is 48.6 Å². The van der Waals surface area contributed by atoms with E-state index in [1.54, 1.807) is 21.8 Å². The predicted molar refractivity (Wildman–Crippen MR) is 81.0 cm³/mol. The van der Waals surface area contributed by atoms with Crippen LogP contribution in [0, 0.1) is 0 Å². The van der Waals surface area contributed by atoms with Crippen molar-refractivity contribution in [2.75, 3.05) is 19.8 Å². The van der Waals surface area contributed by atoms with E-state index in [0.29, 0.717) is 24.0 Å². The standard InChI is InChI=1S/C14H21NO4S2/c1-2-18-10-11-5-6-12-13(19-11)7-8-15(12)21(16,17)14-4-3-9-20-14/h3-4,9,11-13H,2,5-8,10H2,1H3/t11-,12-,13-/m0/s1. The number of rotatable bonds is 5. The number of sulfonamides is 1. The van der Waals surface area contributed by atoms with E-state index >= 15 is 0 Å². The second-order valence-corrected chi connectivity index (χ2v) is 8.50. The van der Waals surface area contributed by atoms with Crippen molar-refractivity contribution < 1.29 is 17.9 Å². The lowest BCUT2D eigenvalue weighted by atomic mass is 10.0. The van der Waals surface area contributed by atoms with Gasteiger partial charge in [0.2, 0.25) is 0 Å². The Balaban J connectivity index is 1.69. The topological polar surface area (TPSA) is 55.8 Å². The summed E-state index contributed by atoms with van der Waals surface area (Å²) in [6.45, 7) is 3.82. The molecule has 2 aliphatic rings. The lowest BCUT2D eigenvalue weighted by molar-refractivity contribution is -0.0923. The zero-order chi connectivity index (χ0) is 14.9. The third kappa shape index (κ3) is 3.03. The van der Waals surface area contributed by atoms with Crippen LogP contribution in [0.25, 0.3) is 0 Å². The van der Waals surface area contributed by atoms with Gasteiger partial charge >= 0.3 is 0 Å². The molecule has 0 aliphatic carbocycles. The first-order valence-corrected chi connectivity index (χ1v) is 9.73. The molecule has 2 fully saturated rings. The third-order valence-electron chi connectivity index (χ3n) is 4.15. The first-order valence-electron chi connectivity index (χ1n) is 7.41. The molecule has 1 aromatic heterocycles. The molecule has 0 unspecified atom stereocenters. The maximum absolute atomic E-state index is 12.7. The molecule has 7 heteroatoms. The Bertz CT molecular complexity index is 558. The van der Waals surface area contributed by atoms with Crippen LogP contribution in [0.5, 0.6) is 0 Å². The number of nitrogens with zero attached hydrogens (tertiary/aromatic N) is 1. The van der Waals surface area contributed by atoms with Crippen LogP contribution >= 0.6 is 11.3 Å². The second kappa shape index (κ2) is 6.34. The van der Waals surface area contributed by atoms with Crippen LogP contribution in [0.2, 0.25) is 0 Å². The zero-order valence-corrected chi connectivity index (χ0v) is 13.7. The molecule has 3 atom stereocenters. The first kappa shape index (κ1) is 15.4. The Kier molecular flexibility index (Phi) is 4.66. The summed E-state index contributed by atoms with van der Waals surface area (Å²) >= 11 is 1.28. The lowest BCUT2D eigenvalue weighted by Crippen LogP contribution is -2.45. The van der Waals surface area contributed by atoms with E-state index in [1.165, 1.54) is 11.3 Å². The van der Waals surface area contributed by atoms with Crippen LogP contribution in [0.3, 0.4) is 0 Å². The zero-order valence-electron chi connectivity index (χ0n) is 12.1. The Hall–Kier alpha value is -0.470. The average Bonchev–Trinajstić information content (AvgIpc) is 3.14. The van der Waals surface area contributed by atoms with E-state index in [2.05, 4.69) is 0 Å². The SMILES string of the molecule is CCOC[C@@H]1CC[C@H]2[C@H](CCN2S(=O)(=O)c2cccs2)O1. The van der Waals surface area contributed by atoms with E-state index in [0.717, 1.165) is 19.3 Å². The van der Waals surface area contributed by atoms with Gasteiger partial charge in [-0.3, -0.25) is 0 Å². The van der Waals surface area contributed by atoms with Crippen molar-refractivity contribution in [3.63, 3.8) is 0 Å². The molecule has 0 aromatic carbocycles.